The molecule has 0 amide bonds. The molecule has 78 valence electrons. The van der Waals surface area contributed by atoms with Crippen molar-refractivity contribution in [2.45, 2.75) is 38.9 Å². The van der Waals surface area contributed by atoms with Crippen LogP contribution in [0, 0.1) is 0 Å². The van der Waals surface area contributed by atoms with Gasteiger partial charge in [-0.3, -0.25) is 4.99 Å². The normalized spacial score (nSPS) is 14.5. The minimum absolute atomic E-state index is 0.250. The fourth-order valence-electron chi connectivity index (χ4n) is 0.718. The highest BCUT2D eigenvalue weighted by atomic mass is 19.4. The van der Waals surface area contributed by atoms with Gasteiger partial charge in [0.2, 0.25) is 0 Å². The second-order valence-electron chi connectivity index (χ2n) is 3.67. The maximum absolute atomic E-state index is 11.9. The highest BCUT2D eigenvalue weighted by molar-refractivity contribution is 5.82. The van der Waals surface area contributed by atoms with Crippen molar-refractivity contribution >= 4 is 5.84 Å². The minimum Gasteiger partial charge on any atom is -0.312 e. The SMILES string of the molecule is CC(C)(C)N=C(CC(F)(F)F)NN. The summed E-state index contributed by atoms with van der Waals surface area (Å²) in [7, 11) is 0. The van der Waals surface area contributed by atoms with Crippen molar-refractivity contribution in [3.63, 3.8) is 0 Å². The quantitative estimate of drug-likeness (QED) is 0.290. The van der Waals surface area contributed by atoms with E-state index in [9.17, 15) is 13.2 Å². The molecule has 0 fully saturated rings. The summed E-state index contributed by atoms with van der Waals surface area (Å²) >= 11 is 0. The highest BCUT2D eigenvalue weighted by Crippen LogP contribution is 2.20. The van der Waals surface area contributed by atoms with Crippen molar-refractivity contribution in [3.8, 4) is 0 Å². The molecule has 0 aliphatic carbocycles. The summed E-state index contributed by atoms with van der Waals surface area (Å²) in [6.07, 6.45) is -5.41. The largest absolute Gasteiger partial charge is 0.396 e. The lowest BCUT2D eigenvalue weighted by atomic mass is 10.1. The molecular formula is C7H14F3N3. The summed E-state index contributed by atoms with van der Waals surface area (Å²) in [6, 6.07) is 0. The van der Waals surface area contributed by atoms with Crippen molar-refractivity contribution in [1.29, 1.82) is 0 Å². The molecule has 0 rings (SSSR count). The number of aliphatic imine (C=N–C) groups is 1. The average molecular weight is 197 g/mol. The summed E-state index contributed by atoms with van der Waals surface area (Å²) in [5, 5.41) is 0. The monoisotopic (exact) mass is 197 g/mol. The molecule has 0 saturated heterocycles. The Balaban J connectivity index is 4.45. The van der Waals surface area contributed by atoms with Crippen molar-refractivity contribution in [2.24, 2.45) is 10.8 Å². The third kappa shape index (κ3) is 7.58. The fraction of sp³-hybridized carbons (Fsp3) is 0.857. The Morgan fingerprint density at radius 1 is 1.31 bits per heavy atom. The third-order valence-electron chi connectivity index (χ3n) is 1.00. The third-order valence-corrected chi connectivity index (χ3v) is 1.00. The van der Waals surface area contributed by atoms with Gasteiger partial charge < -0.3 is 5.43 Å². The molecule has 0 atom stereocenters. The van der Waals surface area contributed by atoms with E-state index < -0.39 is 18.1 Å². The summed E-state index contributed by atoms with van der Waals surface area (Å²) in [6.45, 7) is 5.09. The molecule has 0 heterocycles. The number of alkyl halides is 3. The average Bonchev–Trinajstić information content (AvgIpc) is 1.79. The maximum atomic E-state index is 11.9. The molecule has 0 aromatic rings. The molecule has 13 heavy (non-hydrogen) atoms. The van der Waals surface area contributed by atoms with Crippen LogP contribution in [0.1, 0.15) is 27.2 Å². The number of rotatable bonds is 1. The van der Waals surface area contributed by atoms with Gasteiger partial charge in [-0.05, 0) is 20.8 Å². The number of nitrogens with one attached hydrogen (secondary N) is 1. The maximum Gasteiger partial charge on any atom is 0.396 e. The van der Waals surface area contributed by atoms with E-state index in [1.807, 2.05) is 5.43 Å². The van der Waals surface area contributed by atoms with Crippen LogP contribution in [0.2, 0.25) is 0 Å². The van der Waals surface area contributed by atoms with Crippen molar-refractivity contribution in [2.75, 3.05) is 0 Å². The Hall–Kier alpha value is -0.780. The number of hydrazine groups is 1. The first kappa shape index (κ1) is 12.2. The Kier molecular flexibility index (Phi) is 3.71. The van der Waals surface area contributed by atoms with Crippen molar-refractivity contribution in [3.05, 3.63) is 0 Å². The molecule has 6 heteroatoms. The molecule has 0 radical (unpaired) electrons. The van der Waals surface area contributed by atoms with Gasteiger partial charge >= 0.3 is 6.18 Å². The van der Waals surface area contributed by atoms with Crippen LogP contribution in [0.25, 0.3) is 0 Å². The van der Waals surface area contributed by atoms with E-state index in [0.29, 0.717) is 0 Å². The van der Waals surface area contributed by atoms with Crippen LogP contribution in [-0.2, 0) is 0 Å². The van der Waals surface area contributed by atoms with Crippen molar-refractivity contribution in [1.82, 2.24) is 5.43 Å². The lowest BCUT2D eigenvalue weighted by molar-refractivity contribution is -0.121. The van der Waals surface area contributed by atoms with Crippen LogP contribution in [0.3, 0.4) is 0 Å². The second-order valence-corrected chi connectivity index (χ2v) is 3.67. The number of hydrogen-bond acceptors (Lipinski definition) is 2. The van der Waals surface area contributed by atoms with E-state index in [1.54, 1.807) is 20.8 Å². The zero-order valence-electron chi connectivity index (χ0n) is 7.87. The summed E-state index contributed by atoms with van der Waals surface area (Å²) in [5.41, 5.74) is 1.38. The number of nitrogens with two attached hydrogens (primary N) is 1. The Bertz CT molecular complexity index is 190. The van der Waals surface area contributed by atoms with Crippen LogP contribution in [0.15, 0.2) is 4.99 Å². The van der Waals surface area contributed by atoms with Crippen LogP contribution in [-0.4, -0.2) is 17.6 Å². The van der Waals surface area contributed by atoms with E-state index in [2.05, 4.69) is 4.99 Å². The van der Waals surface area contributed by atoms with Crippen LogP contribution < -0.4 is 11.3 Å². The molecule has 3 N–H and O–H groups in total. The van der Waals surface area contributed by atoms with Gasteiger partial charge in [-0.2, -0.15) is 13.2 Å². The van der Waals surface area contributed by atoms with E-state index in [4.69, 9.17) is 5.84 Å². The zero-order valence-corrected chi connectivity index (χ0v) is 7.87. The lowest BCUT2D eigenvalue weighted by Crippen LogP contribution is -2.36. The molecule has 0 bridgehead atoms. The predicted molar refractivity (Wildman–Crippen MR) is 45.2 cm³/mol. The number of nitrogens with zero attached hydrogens (tertiary/aromatic N) is 1. The molecule has 0 unspecified atom stereocenters. The lowest BCUT2D eigenvalue weighted by Gasteiger charge is -2.16. The van der Waals surface area contributed by atoms with Gasteiger partial charge in [-0.1, -0.05) is 0 Å². The Labute approximate surface area is 75.2 Å². The summed E-state index contributed by atoms with van der Waals surface area (Å²) in [4.78, 5) is 3.77. The van der Waals surface area contributed by atoms with E-state index in [-0.39, 0.29) is 5.84 Å². The van der Waals surface area contributed by atoms with E-state index >= 15 is 0 Å². The van der Waals surface area contributed by atoms with Gasteiger partial charge in [-0.15, -0.1) is 0 Å². The molecule has 0 aliphatic rings. The smallest absolute Gasteiger partial charge is 0.312 e. The zero-order chi connectivity index (χ0) is 10.7. The van der Waals surface area contributed by atoms with Gasteiger partial charge in [0.1, 0.15) is 12.3 Å². The molecule has 0 aromatic heterocycles. The molecule has 3 nitrogen and oxygen atoms in total. The minimum atomic E-state index is -4.28. The van der Waals surface area contributed by atoms with Crippen LogP contribution >= 0.6 is 0 Å². The first-order valence-corrected chi connectivity index (χ1v) is 3.76. The number of amidine groups is 1. The van der Waals surface area contributed by atoms with Gasteiger partial charge in [-0.25, -0.2) is 5.84 Å². The first-order chi connectivity index (χ1) is 5.64. The number of hydrogen-bond donors (Lipinski definition) is 2. The van der Waals surface area contributed by atoms with E-state index in [1.165, 1.54) is 0 Å². The van der Waals surface area contributed by atoms with Gasteiger partial charge in [0.25, 0.3) is 0 Å². The summed E-state index contributed by atoms with van der Waals surface area (Å²) < 4.78 is 35.7. The second kappa shape index (κ2) is 3.95. The predicted octanol–water partition coefficient (Wildman–Crippen LogP) is 1.60. The topological polar surface area (TPSA) is 50.4 Å². The molecule has 0 aromatic carbocycles. The molecular weight excluding hydrogens is 183 g/mol. The molecule has 0 saturated carbocycles. The Morgan fingerprint density at radius 3 is 2.00 bits per heavy atom. The van der Waals surface area contributed by atoms with Crippen LogP contribution in [0.4, 0.5) is 13.2 Å². The molecule has 0 aliphatic heterocycles. The summed E-state index contributed by atoms with van der Waals surface area (Å²) in [5.74, 6) is 4.66. The van der Waals surface area contributed by atoms with Crippen LogP contribution in [0.5, 0.6) is 0 Å². The fourth-order valence-corrected chi connectivity index (χ4v) is 0.718. The molecule has 0 spiro atoms. The van der Waals surface area contributed by atoms with E-state index in [0.717, 1.165) is 0 Å². The van der Waals surface area contributed by atoms with Gasteiger partial charge in [0.05, 0.1) is 5.54 Å². The first-order valence-electron chi connectivity index (χ1n) is 3.76. The standard InChI is InChI=1S/C7H14F3N3/c1-6(2,3)12-5(13-11)4-7(8,9)10/h4,11H2,1-3H3,(H,12,13). The van der Waals surface area contributed by atoms with Gasteiger partial charge in [0.15, 0.2) is 0 Å². The van der Waals surface area contributed by atoms with Crippen molar-refractivity contribution < 1.29 is 13.2 Å². The van der Waals surface area contributed by atoms with Gasteiger partial charge in [0, 0.05) is 0 Å². The Morgan fingerprint density at radius 2 is 1.77 bits per heavy atom. The number of halogens is 3. The highest BCUT2D eigenvalue weighted by Gasteiger charge is 2.30.